The molecular formula is C16H19N3O4. The predicted octanol–water partition coefficient (Wildman–Crippen LogP) is 1.20. The molecule has 23 heavy (non-hydrogen) atoms. The highest BCUT2D eigenvalue weighted by Crippen LogP contribution is 2.28. The molecule has 3 rings (SSSR count). The molecule has 2 heterocycles. The van der Waals surface area contributed by atoms with Crippen LogP contribution < -0.4 is 5.32 Å². The molecule has 4 amide bonds. The van der Waals surface area contributed by atoms with Crippen molar-refractivity contribution in [1.82, 2.24) is 9.80 Å². The standard InChI is InChI=1S/C16H19N3O4/c1-23-10-14(20)17-12-5-2-4-11(8-12)9-19-15(21)13-6-3-7-18(13)16(19)22/h2,4-5,8,13H,3,6-7,9-10H2,1H3,(H,17,20). The number of ether oxygens (including phenoxy) is 1. The topological polar surface area (TPSA) is 79.0 Å². The molecule has 0 aliphatic carbocycles. The lowest BCUT2D eigenvalue weighted by Crippen LogP contribution is -2.32. The summed E-state index contributed by atoms with van der Waals surface area (Å²) in [7, 11) is 1.45. The van der Waals surface area contributed by atoms with Crippen LogP contribution in [0.15, 0.2) is 24.3 Å². The lowest BCUT2D eigenvalue weighted by atomic mass is 10.1. The van der Waals surface area contributed by atoms with Crippen LogP contribution >= 0.6 is 0 Å². The fourth-order valence-electron chi connectivity index (χ4n) is 3.09. The van der Waals surface area contributed by atoms with Crippen molar-refractivity contribution in [1.29, 1.82) is 0 Å². The van der Waals surface area contributed by atoms with Gasteiger partial charge in [0.1, 0.15) is 12.6 Å². The van der Waals surface area contributed by atoms with Crippen molar-refractivity contribution in [3.63, 3.8) is 0 Å². The summed E-state index contributed by atoms with van der Waals surface area (Å²) in [6, 6.07) is 6.62. The maximum absolute atomic E-state index is 12.3. The number of benzene rings is 1. The van der Waals surface area contributed by atoms with Crippen molar-refractivity contribution in [3.8, 4) is 0 Å². The third kappa shape index (κ3) is 3.05. The number of amides is 4. The van der Waals surface area contributed by atoms with E-state index in [1.165, 1.54) is 12.0 Å². The average molecular weight is 317 g/mol. The molecule has 1 aromatic carbocycles. The Labute approximate surface area is 134 Å². The summed E-state index contributed by atoms with van der Waals surface area (Å²) in [5.41, 5.74) is 1.41. The largest absolute Gasteiger partial charge is 0.375 e. The number of hydrogen-bond acceptors (Lipinski definition) is 4. The Morgan fingerprint density at radius 1 is 1.39 bits per heavy atom. The van der Waals surface area contributed by atoms with E-state index in [0.29, 0.717) is 12.2 Å². The minimum absolute atomic E-state index is 0.0238. The molecule has 122 valence electrons. The molecular weight excluding hydrogens is 298 g/mol. The molecule has 7 heteroatoms. The molecule has 2 fully saturated rings. The molecule has 0 bridgehead atoms. The van der Waals surface area contributed by atoms with Gasteiger partial charge in [0.15, 0.2) is 0 Å². The number of methoxy groups -OCH3 is 1. The van der Waals surface area contributed by atoms with Crippen molar-refractivity contribution in [2.24, 2.45) is 0 Å². The molecule has 2 aliphatic rings. The van der Waals surface area contributed by atoms with Crippen molar-refractivity contribution in [2.45, 2.75) is 25.4 Å². The van der Waals surface area contributed by atoms with Crippen molar-refractivity contribution >= 4 is 23.5 Å². The lowest BCUT2D eigenvalue weighted by molar-refractivity contribution is -0.128. The first-order chi connectivity index (χ1) is 11.1. The van der Waals surface area contributed by atoms with Gasteiger partial charge in [-0.1, -0.05) is 12.1 Å². The van der Waals surface area contributed by atoms with Gasteiger partial charge in [0, 0.05) is 19.3 Å². The molecule has 0 radical (unpaired) electrons. The molecule has 0 saturated carbocycles. The van der Waals surface area contributed by atoms with E-state index in [1.54, 1.807) is 23.1 Å². The Morgan fingerprint density at radius 3 is 2.96 bits per heavy atom. The van der Waals surface area contributed by atoms with Crippen LogP contribution in [0, 0.1) is 0 Å². The lowest BCUT2D eigenvalue weighted by Gasteiger charge is -2.16. The van der Waals surface area contributed by atoms with E-state index in [2.05, 4.69) is 5.32 Å². The highest BCUT2D eigenvalue weighted by molar-refractivity contribution is 6.04. The van der Waals surface area contributed by atoms with Gasteiger partial charge in [-0.15, -0.1) is 0 Å². The molecule has 1 aromatic rings. The summed E-state index contributed by atoms with van der Waals surface area (Å²) in [5.74, 6) is -0.375. The summed E-state index contributed by atoms with van der Waals surface area (Å²) in [5, 5.41) is 2.71. The fraction of sp³-hybridized carbons (Fsp3) is 0.438. The van der Waals surface area contributed by atoms with Crippen LogP contribution in [0.25, 0.3) is 0 Å². The maximum Gasteiger partial charge on any atom is 0.327 e. The number of rotatable bonds is 5. The van der Waals surface area contributed by atoms with Gasteiger partial charge in [-0.3, -0.25) is 14.5 Å². The molecule has 2 aliphatic heterocycles. The minimum Gasteiger partial charge on any atom is -0.375 e. The number of carbonyl (C=O) groups excluding carboxylic acids is 3. The van der Waals surface area contributed by atoms with Gasteiger partial charge in [0.25, 0.3) is 5.91 Å². The summed E-state index contributed by atoms with van der Waals surface area (Å²) in [4.78, 5) is 39.1. The first-order valence-corrected chi connectivity index (χ1v) is 7.60. The minimum atomic E-state index is -0.285. The van der Waals surface area contributed by atoms with Gasteiger partial charge in [-0.25, -0.2) is 4.79 Å². The molecule has 1 N–H and O–H groups in total. The number of urea groups is 1. The number of nitrogens with zero attached hydrogens (tertiary/aromatic N) is 2. The Balaban J connectivity index is 1.70. The third-order valence-corrected chi connectivity index (χ3v) is 4.11. The second kappa shape index (κ2) is 6.37. The van der Waals surface area contributed by atoms with E-state index < -0.39 is 0 Å². The second-order valence-corrected chi connectivity index (χ2v) is 5.74. The zero-order valence-electron chi connectivity index (χ0n) is 12.9. The molecule has 0 spiro atoms. The smallest absolute Gasteiger partial charge is 0.327 e. The van der Waals surface area contributed by atoms with Crippen LogP contribution in [-0.2, 0) is 20.9 Å². The highest BCUT2D eigenvalue weighted by atomic mass is 16.5. The van der Waals surface area contributed by atoms with Crippen LogP contribution in [0.3, 0.4) is 0 Å². The fourth-order valence-corrected chi connectivity index (χ4v) is 3.09. The molecule has 0 aromatic heterocycles. The van der Waals surface area contributed by atoms with Gasteiger partial charge in [0.05, 0.1) is 6.54 Å². The Bertz CT molecular complexity index is 624. The van der Waals surface area contributed by atoms with Crippen LogP contribution in [0.4, 0.5) is 10.5 Å². The van der Waals surface area contributed by atoms with Gasteiger partial charge >= 0.3 is 6.03 Å². The zero-order valence-corrected chi connectivity index (χ0v) is 12.9. The van der Waals surface area contributed by atoms with Crippen LogP contribution in [0.1, 0.15) is 18.4 Å². The number of nitrogens with one attached hydrogen (secondary N) is 1. The first kappa shape index (κ1) is 15.5. The maximum atomic E-state index is 12.3. The normalized spacial score (nSPS) is 20.1. The van der Waals surface area contributed by atoms with E-state index in [4.69, 9.17) is 4.74 Å². The average Bonchev–Trinajstić information content (AvgIpc) is 3.08. The van der Waals surface area contributed by atoms with Gasteiger partial charge < -0.3 is 15.0 Å². The Kier molecular flexibility index (Phi) is 4.29. The first-order valence-electron chi connectivity index (χ1n) is 7.60. The summed E-state index contributed by atoms with van der Waals surface area (Å²) in [6.07, 6.45) is 1.63. The number of hydrogen-bond donors (Lipinski definition) is 1. The summed E-state index contributed by atoms with van der Waals surface area (Å²) >= 11 is 0. The van der Waals surface area contributed by atoms with Crippen LogP contribution in [-0.4, -0.2) is 53.9 Å². The number of imide groups is 1. The number of fused-ring (bicyclic) bond motifs is 1. The molecule has 2 saturated heterocycles. The number of anilines is 1. The van der Waals surface area contributed by atoms with Crippen LogP contribution in [0.5, 0.6) is 0 Å². The molecule has 7 nitrogen and oxygen atoms in total. The number of carbonyl (C=O) groups is 3. The van der Waals surface area contributed by atoms with Gasteiger partial charge in [-0.2, -0.15) is 0 Å². The SMILES string of the molecule is COCC(=O)Nc1cccc(CN2C(=O)C3CCCN3C2=O)c1. The summed E-state index contributed by atoms with van der Waals surface area (Å²) in [6.45, 7) is 0.849. The van der Waals surface area contributed by atoms with Gasteiger partial charge in [0.2, 0.25) is 5.91 Å². The Morgan fingerprint density at radius 2 is 2.22 bits per heavy atom. The second-order valence-electron chi connectivity index (χ2n) is 5.74. The van der Waals surface area contributed by atoms with E-state index in [-0.39, 0.29) is 37.0 Å². The van der Waals surface area contributed by atoms with E-state index in [0.717, 1.165) is 18.4 Å². The quantitative estimate of drug-likeness (QED) is 0.828. The van der Waals surface area contributed by atoms with Crippen molar-refractivity contribution in [3.05, 3.63) is 29.8 Å². The van der Waals surface area contributed by atoms with Gasteiger partial charge in [-0.05, 0) is 30.5 Å². The summed E-state index contributed by atoms with van der Waals surface area (Å²) < 4.78 is 4.77. The van der Waals surface area contributed by atoms with Crippen LogP contribution in [0.2, 0.25) is 0 Å². The van der Waals surface area contributed by atoms with E-state index in [1.807, 2.05) is 6.07 Å². The third-order valence-electron chi connectivity index (χ3n) is 4.11. The van der Waals surface area contributed by atoms with E-state index >= 15 is 0 Å². The highest BCUT2D eigenvalue weighted by Gasteiger charge is 2.47. The van der Waals surface area contributed by atoms with Crippen molar-refractivity contribution in [2.75, 3.05) is 25.6 Å². The Hall–Kier alpha value is -2.41. The molecule has 1 atom stereocenters. The predicted molar refractivity (Wildman–Crippen MR) is 82.6 cm³/mol. The zero-order chi connectivity index (χ0) is 16.4. The monoisotopic (exact) mass is 317 g/mol. The van der Waals surface area contributed by atoms with E-state index in [9.17, 15) is 14.4 Å². The van der Waals surface area contributed by atoms with Crippen molar-refractivity contribution < 1.29 is 19.1 Å². The molecule has 1 unspecified atom stereocenters.